The maximum atomic E-state index is 13.7. The zero-order valence-electron chi connectivity index (χ0n) is 18.2. The van der Waals surface area contributed by atoms with Gasteiger partial charge in [0.2, 0.25) is 0 Å². The molecule has 2 aromatic rings. The molecule has 4 aliphatic carbocycles. The van der Waals surface area contributed by atoms with Crippen LogP contribution in [0.1, 0.15) is 27.1 Å². The molecule has 5 aliphatic rings. The first-order valence-electron chi connectivity index (χ1n) is 11.4. The number of rotatable bonds is 5. The monoisotopic (exact) mass is 512 g/mol. The van der Waals surface area contributed by atoms with Gasteiger partial charge < -0.3 is 0 Å². The highest BCUT2D eigenvalue weighted by Gasteiger charge is 2.68. The second-order valence-corrected chi connectivity index (χ2v) is 10.4. The molecule has 6 nitrogen and oxygen atoms in total. The molecule has 2 bridgehead atoms. The van der Waals surface area contributed by atoms with Gasteiger partial charge in [0.25, 0.3) is 17.7 Å². The summed E-state index contributed by atoms with van der Waals surface area (Å²) in [5, 5.41) is 2.07. The van der Waals surface area contributed by atoms with Crippen LogP contribution in [0.2, 0.25) is 10.0 Å². The summed E-state index contributed by atoms with van der Waals surface area (Å²) in [4.78, 5) is 54.0. The van der Waals surface area contributed by atoms with Gasteiger partial charge in [0.1, 0.15) is 12.4 Å². The Labute approximate surface area is 210 Å². The molecule has 178 valence electrons. The third-order valence-corrected chi connectivity index (χ3v) is 8.28. The summed E-state index contributed by atoms with van der Waals surface area (Å²) in [7, 11) is 0. The molecule has 35 heavy (non-hydrogen) atoms. The average Bonchev–Trinajstić information content (AvgIpc) is 3.61. The molecule has 3 amide bonds. The van der Waals surface area contributed by atoms with Crippen LogP contribution in [0, 0.1) is 41.3 Å². The third kappa shape index (κ3) is 3.44. The Balaban J connectivity index is 1.38. The highest BCUT2D eigenvalue weighted by molar-refractivity contribution is 6.36. The molecule has 7 rings (SSSR count). The summed E-state index contributed by atoms with van der Waals surface area (Å²) in [6.07, 6.45) is 5.06. The van der Waals surface area contributed by atoms with Crippen LogP contribution in [-0.4, -0.2) is 40.1 Å². The van der Waals surface area contributed by atoms with Crippen molar-refractivity contribution < 1.29 is 23.6 Å². The van der Waals surface area contributed by atoms with Gasteiger partial charge in [-0.15, -0.1) is 0 Å². The van der Waals surface area contributed by atoms with Crippen LogP contribution in [0.4, 0.5) is 4.39 Å². The number of benzene rings is 2. The van der Waals surface area contributed by atoms with Crippen molar-refractivity contribution in [1.82, 2.24) is 10.0 Å². The van der Waals surface area contributed by atoms with Gasteiger partial charge in [-0.2, -0.15) is 5.01 Å². The summed E-state index contributed by atoms with van der Waals surface area (Å²) < 4.78 is 13.4. The van der Waals surface area contributed by atoms with Gasteiger partial charge in [0.05, 0.1) is 22.4 Å². The summed E-state index contributed by atoms with van der Waals surface area (Å²) in [5.74, 6) is -3.19. The van der Waals surface area contributed by atoms with Crippen LogP contribution < -0.4 is 0 Å². The van der Waals surface area contributed by atoms with E-state index in [9.17, 15) is 23.6 Å². The standard InChI is InChI=1S/C26H19Cl2FN2O4/c27-13-3-6-17(20(28)9-13)24(33)30(11-21(32)12-1-4-14(29)5-2-12)31-25(34)22-15-7-8-16(19-10-18(15)19)23(22)26(31)35/h1-9,15-16,18-19,22-23H,10-11H2/t15-,16-,18-,19-,22+,23+/m0/s1. The molecule has 2 aromatic carbocycles. The number of hydrogen-bond donors (Lipinski definition) is 0. The molecule has 0 unspecified atom stereocenters. The van der Waals surface area contributed by atoms with Crippen LogP contribution in [0.15, 0.2) is 54.6 Å². The molecule has 1 heterocycles. The molecule has 0 aromatic heterocycles. The molecular formula is C26H19Cl2FN2O4. The van der Waals surface area contributed by atoms with Crippen molar-refractivity contribution in [2.45, 2.75) is 6.42 Å². The van der Waals surface area contributed by atoms with E-state index in [1.807, 2.05) is 12.2 Å². The van der Waals surface area contributed by atoms with E-state index in [0.717, 1.165) is 28.6 Å². The van der Waals surface area contributed by atoms with E-state index in [1.165, 1.54) is 30.3 Å². The molecule has 2 saturated carbocycles. The highest BCUT2D eigenvalue weighted by Crippen LogP contribution is 2.65. The third-order valence-electron chi connectivity index (χ3n) is 7.74. The molecular weight excluding hydrogens is 494 g/mol. The van der Waals surface area contributed by atoms with Crippen LogP contribution in [0.25, 0.3) is 0 Å². The summed E-state index contributed by atoms with van der Waals surface area (Å²) in [6.45, 7) is -0.587. The first-order valence-corrected chi connectivity index (χ1v) is 12.1. The SMILES string of the molecule is O=C(CN(C(=O)c1ccc(Cl)cc1Cl)N1C(=O)[C@@H]2[C@H]3C=C[C@@H]([C@@H]4C[C@@H]34)[C@H]2C1=O)c1ccc(F)cc1. The maximum absolute atomic E-state index is 13.7. The lowest BCUT2D eigenvalue weighted by atomic mass is 9.63. The number of carbonyl (C=O) groups is 4. The van der Waals surface area contributed by atoms with Gasteiger partial charge in [-0.25, -0.2) is 9.40 Å². The smallest absolute Gasteiger partial charge is 0.274 e. The Morgan fingerprint density at radius 1 is 0.943 bits per heavy atom. The van der Waals surface area contributed by atoms with E-state index in [-0.39, 0.29) is 28.0 Å². The number of allylic oxidation sites excluding steroid dienone is 2. The molecule has 1 aliphatic heterocycles. The molecule has 6 atom stereocenters. The minimum Gasteiger partial charge on any atom is -0.292 e. The summed E-state index contributed by atoms with van der Waals surface area (Å²) in [5.41, 5.74) is 0.147. The van der Waals surface area contributed by atoms with Crippen LogP contribution in [0.3, 0.4) is 0 Å². The highest BCUT2D eigenvalue weighted by atomic mass is 35.5. The van der Waals surface area contributed by atoms with E-state index in [2.05, 4.69) is 0 Å². The van der Waals surface area contributed by atoms with Gasteiger partial charge >= 0.3 is 0 Å². The number of ketones is 1. The summed E-state index contributed by atoms with van der Waals surface area (Å²) in [6, 6.07) is 9.08. The Kier molecular flexibility index (Phi) is 5.13. The van der Waals surface area contributed by atoms with Crippen LogP contribution in [-0.2, 0) is 9.59 Å². The van der Waals surface area contributed by atoms with Crippen molar-refractivity contribution in [2.24, 2.45) is 35.5 Å². The quantitative estimate of drug-likeness (QED) is 0.337. The molecule has 0 N–H and O–H groups in total. The second kappa shape index (κ2) is 8.00. The summed E-state index contributed by atoms with van der Waals surface area (Å²) >= 11 is 12.2. The van der Waals surface area contributed by atoms with E-state index >= 15 is 0 Å². The molecule has 1 saturated heterocycles. The predicted molar refractivity (Wildman–Crippen MR) is 125 cm³/mol. The van der Waals surface area contributed by atoms with Crippen molar-refractivity contribution in [3.8, 4) is 0 Å². The first kappa shape index (κ1) is 22.4. The fourth-order valence-electron chi connectivity index (χ4n) is 6.08. The maximum Gasteiger partial charge on any atom is 0.274 e. The fraction of sp³-hybridized carbons (Fsp3) is 0.308. The van der Waals surface area contributed by atoms with Crippen molar-refractivity contribution in [3.05, 3.63) is 81.6 Å². The second-order valence-electron chi connectivity index (χ2n) is 9.56. The lowest BCUT2D eigenvalue weighted by Crippen LogP contribution is -2.52. The largest absolute Gasteiger partial charge is 0.292 e. The lowest BCUT2D eigenvalue weighted by Gasteiger charge is -2.37. The number of hydrogen-bond acceptors (Lipinski definition) is 4. The van der Waals surface area contributed by atoms with E-state index in [0.29, 0.717) is 16.9 Å². The normalized spacial score (nSPS) is 29.7. The Morgan fingerprint density at radius 2 is 1.54 bits per heavy atom. The average molecular weight is 513 g/mol. The van der Waals surface area contributed by atoms with Gasteiger partial charge in [-0.3, -0.25) is 19.2 Å². The van der Waals surface area contributed by atoms with E-state index in [1.54, 1.807) is 0 Å². The number of imide groups is 1. The number of carbonyl (C=O) groups excluding carboxylic acids is 4. The Bertz CT molecular complexity index is 1290. The first-order chi connectivity index (χ1) is 16.8. The van der Waals surface area contributed by atoms with Crippen molar-refractivity contribution >= 4 is 46.7 Å². The van der Waals surface area contributed by atoms with Gasteiger partial charge in [0, 0.05) is 10.6 Å². The number of nitrogens with zero attached hydrogens (tertiary/aromatic N) is 2. The van der Waals surface area contributed by atoms with E-state index < -0.39 is 47.7 Å². The zero-order chi connectivity index (χ0) is 24.6. The number of Topliss-reactive ketones (excluding diaryl/α,β-unsaturated/α-hetero) is 1. The molecule has 3 fully saturated rings. The fourth-order valence-corrected chi connectivity index (χ4v) is 6.57. The number of halogens is 3. The topological polar surface area (TPSA) is 74.8 Å². The van der Waals surface area contributed by atoms with E-state index in [4.69, 9.17) is 23.2 Å². The van der Waals surface area contributed by atoms with Crippen molar-refractivity contribution in [2.75, 3.05) is 6.54 Å². The minimum atomic E-state index is -0.770. The van der Waals surface area contributed by atoms with Gasteiger partial charge in [-0.1, -0.05) is 35.4 Å². The van der Waals surface area contributed by atoms with Gasteiger partial charge in [-0.05, 0) is 72.6 Å². The minimum absolute atomic E-state index is 0.00221. The number of hydrazine groups is 1. The molecule has 0 radical (unpaired) electrons. The van der Waals surface area contributed by atoms with Gasteiger partial charge in [0.15, 0.2) is 5.78 Å². The molecule has 0 spiro atoms. The van der Waals surface area contributed by atoms with Crippen molar-refractivity contribution in [3.63, 3.8) is 0 Å². The van der Waals surface area contributed by atoms with Crippen LogP contribution in [0.5, 0.6) is 0 Å². The van der Waals surface area contributed by atoms with Crippen LogP contribution >= 0.6 is 23.2 Å². The predicted octanol–water partition coefficient (Wildman–Crippen LogP) is 4.43. The Morgan fingerprint density at radius 3 is 2.11 bits per heavy atom. The number of amides is 3. The zero-order valence-corrected chi connectivity index (χ0v) is 19.7. The molecule has 9 heteroatoms. The lowest BCUT2D eigenvalue weighted by molar-refractivity contribution is -0.154. The Hall–Kier alpha value is -3.03. The van der Waals surface area contributed by atoms with Crippen molar-refractivity contribution in [1.29, 1.82) is 0 Å².